The Labute approximate surface area is 188 Å². The zero-order chi connectivity index (χ0) is 20.8. The number of benzene rings is 2. The van der Waals surface area contributed by atoms with Crippen molar-refractivity contribution < 1.29 is 0 Å². The molecule has 1 aliphatic carbocycles. The van der Waals surface area contributed by atoms with Gasteiger partial charge >= 0.3 is 0 Å². The van der Waals surface area contributed by atoms with Gasteiger partial charge in [0, 0.05) is 16.1 Å². The Morgan fingerprint density at radius 2 is 1.47 bits per heavy atom. The van der Waals surface area contributed by atoms with E-state index >= 15 is 0 Å². The highest BCUT2D eigenvalue weighted by Gasteiger charge is 2.42. The van der Waals surface area contributed by atoms with Gasteiger partial charge in [-0.1, -0.05) is 108 Å². The number of fused-ring (bicyclic) bond motifs is 3. The highest BCUT2D eigenvalue weighted by atomic mass is 32.2. The molecule has 0 saturated carbocycles. The van der Waals surface area contributed by atoms with Crippen LogP contribution in [0.5, 0.6) is 0 Å². The molecule has 1 heterocycles. The van der Waals surface area contributed by atoms with Crippen LogP contribution in [-0.2, 0) is 5.41 Å². The molecular weight excluding hydrogens is 380 g/mol. The van der Waals surface area contributed by atoms with E-state index in [1.165, 1.54) is 98.0 Å². The third-order valence-corrected chi connectivity index (χ3v) is 8.33. The molecule has 160 valence electrons. The lowest BCUT2D eigenvalue weighted by Gasteiger charge is -2.33. The van der Waals surface area contributed by atoms with Gasteiger partial charge in [-0.25, -0.2) is 0 Å². The van der Waals surface area contributed by atoms with Crippen LogP contribution in [0.2, 0.25) is 0 Å². The Balaban J connectivity index is 1.75. The number of hydrogen-bond acceptors (Lipinski definition) is 1. The molecule has 0 unspecified atom stereocenters. The first-order valence-electron chi connectivity index (χ1n) is 12.4. The number of thioether (sulfide) groups is 1. The summed E-state index contributed by atoms with van der Waals surface area (Å²) < 4.78 is 0. The molecule has 0 fully saturated rings. The average molecular weight is 419 g/mol. The van der Waals surface area contributed by atoms with Gasteiger partial charge in [0.1, 0.15) is 0 Å². The maximum absolute atomic E-state index is 2.58. The second-order valence-corrected chi connectivity index (χ2v) is 10.4. The van der Waals surface area contributed by atoms with Gasteiger partial charge in [-0.3, -0.25) is 0 Å². The molecule has 0 nitrogen and oxygen atoms in total. The number of rotatable bonds is 11. The maximum atomic E-state index is 2.58. The van der Waals surface area contributed by atoms with E-state index in [9.17, 15) is 0 Å². The summed E-state index contributed by atoms with van der Waals surface area (Å²) in [5.41, 5.74) is 7.91. The minimum atomic E-state index is 0.216. The van der Waals surface area contributed by atoms with Crippen molar-refractivity contribution >= 4 is 16.7 Å². The molecule has 0 aromatic heterocycles. The van der Waals surface area contributed by atoms with E-state index in [4.69, 9.17) is 0 Å². The first-order valence-corrected chi connectivity index (χ1v) is 13.4. The van der Waals surface area contributed by atoms with Crippen LogP contribution in [0.25, 0.3) is 16.0 Å². The molecule has 1 heteroatoms. The molecule has 2 aromatic carbocycles. The Bertz CT molecular complexity index is 864. The van der Waals surface area contributed by atoms with E-state index in [-0.39, 0.29) is 5.41 Å². The van der Waals surface area contributed by atoms with E-state index < -0.39 is 0 Å². The summed E-state index contributed by atoms with van der Waals surface area (Å²) in [6.45, 7) is 4.64. The molecule has 1 aliphatic heterocycles. The fraction of sp³-hybridized carbons (Fsp3) is 0.517. The third kappa shape index (κ3) is 4.28. The summed E-state index contributed by atoms with van der Waals surface area (Å²) in [7, 11) is 0. The van der Waals surface area contributed by atoms with E-state index in [2.05, 4.69) is 62.4 Å². The van der Waals surface area contributed by atoms with Crippen molar-refractivity contribution in [1.29, 1.82) is 0 Å². The first-order chi connectivity index (χ1) is 14.8. The predicted octanol–water partition coefficient (Wildman–Crippen LogP) is 9.37. The van der Waals surface area contributed by atoms with E-state index in [1.807, 2.05) is 11.8 Å². The molecule has 0 amide bonds. The Hall–Kier alpha value is -1.47. The maximum Gasteiger partial charge on any atom is 0.0215 e. The smallest absolute Gasteiger partial charge is 0.0215 e. The summed E-state index contributed by atoms with van der Waals surface area (Å²) in [4.78, 5) is 1.50. The molecule has 30 heavy (non-hydrogen) atoms. The number of unbranched alkanes of at least 4 members (excludes halogenated alkanes) is 6. The van der Waals surface area contributed by atoms with Crippen LogP contribution in [0.15, 0.2) is 48.5 Å². The first kappa shape index (κ1) is 21.8. The summed E-state index contributed by atoms with van der Waals surface area (Å²) in [5, 5.41) is 0. The fourth-order valence-corrected chi connectivity index (χ4v) is 6.58. The van der Waals surface area contributed by atoms with Crippen LogP contribution in [0.3, 0.4) is 0 Å². The third-order valence-electron chi connectivity index (χ3n) is 7.17. The summed E-state index contributed by atoms with van der Waals surface area (Å²) in [5.74, 6) is 1.24. The molecule has 0 atom stereocenters. The zero-order valence-electron chi connectivity index (χ0n) is 19.0. The van der Waals surface area contributed by atoms with Gasteiger partial charge in [0.25, 0.3) is 0 Å². The van der Waals surface area contributed by atoms with Crippen molar-refractivity contribution in [3.8, 4) is 11.1 Å². The van der Waals surface area contributed by atoms with Gasteiger partial charge < -0.3 is 0 Å². The SMILES string of the molecule is CCCCCCC1(CCCCCC)c2ccccc2-c2ccc(C3=CCCS3)cc21. The second-order valence-electron chi connectivity index (χ2n) is 9.21. The Morgan fingerprint density at radius 1 is 0.767 bits per heavy atom. The van der Waals surface area contributed by atoms with Crippen LogP contribution in [0.4, 0.5) is 0 Å². The van der Waals surface area contributed by atoms with Gasteiger partial charge in [-0.15, -0.1) is 11.8 Å². The lowest BCUT2D eigenvalue weighted by atomic mass is 9.70. The van der Waals surface area contributed by atoms with Gasteiger partial charge in [0.2, 0.25) is 0 Å². The topological polar surface area (TPSA) is 0 Å². The summed E-state index contributed by atoms with van der Waals surface area (Å²) in [6.07, 6.45) is 17.0. The minimum absolute atomic E-state index is 0.216. The largest absolute Gasteiger partial charge is 0.126 e. The molecule has 2 aliphatic rings. The molecule has 0 N–H and O–H groups in total. The van der Waals surface area contributed by atoms with Crippen LogP contribution in [-0.4, -0.2) is 5.75 Å². The van der Waals surface area contributed by atoms with Gasteiger partial charge in [0.15, 0.2) is 0 Å². The summed E-state index contributed by atoms with van der Waals surface area (Å²) >= 11 is 2.03. The molecule has 0 radical (unpaired) electrons. The van der Waals surface area contributed by atoms with Crippen molar-refractivity contribution in [3.05, 3.63) is 65.2 Å². The standard InChI is InChI=1S/C29H38S/c1-3-5-7-11-19-29(20-12-8-6-4-2)26-15-10-9-14-24(26)25-18-17-23(22-27(25)29)28-16-13-21-30-28/h9-10,14-18,22H,3-8,11-13,19-21H2,1-2H3. The Morgan fingerprint density at radius 3 is 2.13 bits per heavy atom. The molecule has 0 saturated heterocycles. The molecule has 2 aromatic rings. The monoisotopic (exact) mass is 418 g/mol. The minimum Gasteiger partial charge on any atom is -0.126 e. The highest BCUT2D eigenvalue weighted by Crippen LogP contribution is 2.55. The fourth-order valence-electron chi connectivity index (χ4n) is 5.60. The van der Waals surface area contributed by atoms with Gasteiger partial charge in [-0.2, -0.15) is 0 Å². The highest BCUT2D eigenvalue weighted by molar-refractivity contribution is 8.08. The van der Waals surface area contributed by atoms with Crippen molar-refractivity contribution in [2.45, 2.75) is 89.9 Å². The van der Waals surface area contributed by atoms with Gasteiger partial charge in [0.05, 0.1) is 0 Å². The lowest BCUT2D eigenvalue weighted by molar-refractivity contribution is 0.401. The predicted molar refractivity (Wildman–Crippen MR) is 135 cm³/mol. The lowest BCUT2D eigenvalue weighted by Crippen LogP contribution is -2.25. The second kappa shape index (κ2) is 10.2. The van der Waals surface area contributed by atoms with Gasteiger partial charge in [-0.05, 0) is 53.1 Å². The molecular formula is C29H38S. The van der Waals surface area contributed by atoms with E-state index in [0.29, 0.717) is 0 Å². The molecule has 4 rings (SSSR count). The normalized spacial score (nSPS) is 16.4. The van der Waals surface area contributed by atoms with Crippen molar-refractivity contribution in [2.24, 2.45) is 0 Å². The summed E-state index contributed by atoms with van der Waals surface area (Å²) in [6, 6.07) is 16.7. The van der Waals surface area contributed by atoms with Crippen LogP contribution in [0.1, 0.15) is 101 Å². The molecule has 0 spiro atoms. The average Bonchev–Trinajstić information content (AvgIpc) is 3.41. The Kier molecular flexibility index (Phi) is 7.41. The van der Waals surface area contributed by atoms with Crippen molar-refractivity contribution in [1.82, 2.24) is 0 Å². The molecule has 0 bridgehead atoms. The van der Waals surface area contributed by atoms with Crippen LogP contribution in [0, 0.1) is 0 Å². The zero-order valence-corrected chi connectivity index (χ0v) is 19.8. The van der Waals surface area contributed by atoms with E-state index in [0.717, 1.165) is 0 Å². The number of hydrogen-bond donors (Lipinski definition) is 0. The van der Waals surface area contributed by atoms with Crippen LogP contribution < -0.4 is 0 Å². The van der Waals surface area contributed by atoms with Crippen molar-refractivity contribution in [3.63, 3.8) is 0 Å². The number of allylic oxidation sites excluding steroid dienone is 1. The van der Waals surface area contributed by atoms with E-state index in [1.54, 1.807) is 11.1 Å². The quantitative estimate of drug-likeness (QED) is 0.327. The van der Waals surface area contributed by atoms with Crippen LogP contribution >= 0.6 is 11.8 Å². The van der Waals surface area contributed by atoms with Crippen molar-refractivity contribution in [2.75, 3.05) is 5.75 Å².